The molecule has 0 amide bonds. The molecule has 2 aromatic carbocycles. The van der Waals surface area contributed by atoms with Gasteiger partial charge in [-0.3, -0.25) is 0 Å². The number of anilines is 1. The quantitative estimate of drug-likeness (QED) is 0.735. The Labute approximate surface area is 125 Å². The van der Waals surface area contributed by atoms with Gasteiger partial charge in [0, 0.05) is 12.7 Å². The number of nitriles is 1. The Morgan fingerprint density at radius 3 is 2.52 bits per heavy atom. The van der Waals surface area contributed by atoms with Crippen molar-refractivity contribution in [3.05, 3.63) is 65.2 Å². The minimum Gasteiger partial charge on any atom is -0.358 e. The summed E-state index contributed by atoms with van der Waals surface area (Å²) in [5.41, 5.74) is 5.08. The fourth-order valence-electron chi connectivity index (χ4n) is 4.60. The Morgan fingerprint density at radius 1 is 1.10 bits per heavy atom. The molecule has 2 nitrogen and oxygen atoms in total. The van der Waals surface area contributed by atoms with Crippen LogP contribution >= 0.6 is 0 Å². The zero-order chi connectivity index (χ0) is 14.6. The molecule has 104 valence electrons. The lowest BCUT2D eigenvalue weighted by atomic mass is 9.67. The van der Waals surface area contributed by atoms with Crippen LogP contribution in [0.5, 0.6) is 0 Å². The van der Waals surface area contributed by atoms with E-state index in [1.807, 2.05) is 0 Å². The van der Waals surface area contributed by atoms with Crippen molar-refractivity contribution in [1.82, 2.24) is 0 Å². The molecule has 0 saturated heterocycles. The molecule has 0 radical (unpaired) electrons. The van der Waals surface area contributed by atoms with E-state index >= 15 is 0 Å². The molecule has 3 atom stereocenters. The first-order chi connectivity index (χ1) is 10.2. The smallest absolute Gasteiger partial charge is 0.130 e. The summed E-state index contributed by atoms with van der Waals surface area (Å²) in [6.07, 6.45) is 1.05. The van der Waals surface area contributed by atoms with Crippen LogP contribution in [0, 0.1) is 17.2 Å². The predicted octanol–water partition coefficient (Wildman–Crippen LogP) is 3.51. The van der Waals surface area contributed by atoms with E-state index in [4.69, 9.17) is 0 Å². The van der Waals surface area contributed by atoms with Crippen molar-refractivity contribution in [2.75, 3.05) is 11.9 Å². The van der Waals surface area contributed by atoms with Crippen LogP contribution in [-0.4, -0.2) is 13.1 Å². The first kappa shape index (κ1) is 12.5. The molecule has 0 saturated carbocycles. The lowest BCUT2D eigenvalue weighted by Gasteiger charge is -2.35. The summed E-state index contributed by atoms with van der Waals surface area (Å²) in [6, 6.07) is 19.6. The van der Waals surface area contributed by atoms with Crippen LogP contribution in [0.4, 0.5) is 5.69 Å². The molecule has 1 aliphatic carbocycles. The van der Waals surface area contributed by atoms with Crippen molar-refractivity contribution in [2.45, 2.75) is 24.8 Å². The Bertz CT molecular complexity index is 758. The highest BCUT2D eigenvalue weighted by Crippen LogP contribution is 2.57. The summed E-state index contributed by atoms with van der Waals surface area (Å²) in [5, 5.41) is 9.89. The minimum atomic E-state index is -0.184. The molecule has 2 aliphatic rings. The summed E-state index contributed by atoms with van der Waals surface area (Å²) >= 11 is 0. The molecule has 4 rings (SSSR count). The van der Waals surface area contributed by atoms with Crippen LogP contribution < -0.4 is 4.90 Å². The van der Waals surface area contributed by atoms with Gasteiger partial charge in [0.1, 0.15) is 6.04 Å². The number of nitrogens with zero attached hydrogens (tertiary/aromatic N) is 2. The van der Waals surface area contributed by atoms with Gasteiger partial charge in [0.2, 0.25) is 0 Å². The maximum atomic E-state index is 9.89. The average Bonchev–Trinajstić information content (AvgIpc) is 2.95. The monoisotopic (exact) mass is 274 g/mol. The van der Waals surface area contributed by atoms with E-state index in [1.165, 1.54) is 22.4 Å². The molecular weight excluding hydrogens is 256 g/mol. The van der Waals surface area contributed by atoms with Crippen LogP contribution in [0.3, 0.4) is 0 Å². The molecular formula is C19H18N2. The average molecular weight is 274 g/mol. The molecule has 0 fully saturated rings. The lowest BCUT2D eigenvalue weighted by molar-refractivity contribution is 0.363. The Morgan fingerprint density at radius 2 is 1.76 bits per heavy atom. The van der Waals surface area contributed by atoms with Crippen molar-refractivity contribution >= 4 is 5.69 Å². The van der Waals surface area contributed by atoms with Crippen molar-refractivity contribution in [3.63, 3.8) is 0 Å². The standard InChI is InChI=1S/C19H18N2/c1-13-11-14-7-3-4-8-15(14)19(13)16-9-5-6-10-17(16)21(2)18(19)12-20/h3-10,13,18H,11H2,1-2H3/t13-,18+,19-/m0/s1. The van der Waals surface area contributed by atoms with Crippen molar-refractivity contribution in [2.24, 2.45) is 5.92 Å². The zero-order valence-electron chi connectivity index (χ0n) is 12.4. The summed E-state index contributed by atoms with van der Waals surface area (Å²) in [5.74, 6) is 0.436. The lowest BCUT2D eigenvalue weighted by Crippen LogP contribution is -2.45. The molecule has 1 heterocycles. The third-order valence-corrected chi connectivity index (χ3v) is 5.44. The minimum absolute atomic E-state index is 0.131. The number of benzene rings is 2. The van der Waals surface area contributed by atoms with Crippen LogP contribution in [0.2, 0.25) is 0 Å². The third kappa shape index (κ3) is 1.32. The molecule has 2 aromatic rings. The van der Waals surface area contributed by atoms with Crippen molar-refractivity contribution in [1.29, 1.82) is 5.26 Å². The van der Waals surface area contributed by atoms with E-state index in [-0.39, 0.29) is 11.5 Å². The zero-order valence-corrected chi connectivity index (χ0v) is 12.4. The van der Waals surface area contributed by atoms with Gasteiger partial charge in [-0.15, -0.1) is 0 Å². The molecule has 21 heavy (non-hydrogen) atoms. The van der Waals surface area contributed by atoms with Gasteiger partial charge >= 0.3 is 0 Å². The number of rotatable bonds is 0. The largest absolute Gasteiger partial charge is 0.358 e. The maximum Gasteiger partial charge on any atom is 0.130 e. The molecule has 0 aromatic heterocycles. The molecule has 2 heteroatoms. The second-order valence-electron chi connectivity index (χ2n) is 6.29. The highest BCUT2D eigenvalue weighted by atomic mass is 15.2. The molecule has 1 aliphatic heterocycles. The van der Waals surface area contributed by atoms with Gasteiger partial charge in [-0.1, -0.05) is 49.4 Å². The van der Waals surface area contributed by atoms with Gasteiger partial charge in [0.25, 0.3) is 0 Å². The van der Waals surface area contributed by atoms with Gasteiger partial charge < -0.3 is 4.90 Å². The van der Waals surface area contributed by atoms with Crippen LogP contribution in [-0.2, 0) is 11.8 Å². The highest BCUT2D eigenvalue weighted by Gasteiger charge is 2.57. The number of likely N-dealkylation sites (N-methyl/N-ethyl adjacent to an activating group) is 1. The Balaban J connectivity index is 2.09. The van der Waals surface area contributed by atoms with Gasteiger partial charge in [-0.2, -0.15) is 5.26 Å². The van der Waals surface area contributed by atoms with Gasteiger partial charge in [-0.25, -0.2) is 0 Å². The van der Waals surface area contributed by atoms with Crippen LogP contribution in [0.15, 0.2) is 48.5 Å². The van der Waals surface area contributed by atoms with Crippen LogP contribution in [0.1, 0.15) is 23.6 Å². The van der Waals surface area contributed by atoms with Gasteiger partial charge in [0.05, 0.1) is 11.5 Å². The SMILES string of the molecule is C[C@H]1Cc2ccccc2[C@]12c1ccccc1N(C)[C@@H]2C#N. The topological polar surface area (TPSA) is 27.0 Å². The normalized spacial score (nSPS) is 29.3. The van der Waals surface area contributed by atoms with E-state index in [1.54, 1.807) is 0 Å². The number of fused-ring (bicyclic) bond motifs is 4. The van der Waals surface area contributed by atoms with Gasteiger partial charge in [0.15, 0.2) is 0 Å². The maximum absolute atomic E-state index is 9.89. The summed E-state index contributed by atoms with van der Waals surface area (Å²) in [6.45, 7) is 2.29. The predicted molar refractivity (Wildman–Crippen MR) is 84.3 cm³/mol. The molecule has 1 spiro atoms. The molecule has 0 unspecified atom stereocenters. The summed E-state index contributed by atoms with van der Waals surface area (Å²) < 4.78 is 0. The number of para-hydroxylation sites is 1. The van der Waals surface area contributed by atoms with E-state index in [0.717, 1.165) is 6.42 Å². The Kier molecular flexibility index (Phi) is 2.44. The molecule has 0 N–H and O–H groups in total. The third-order valence-electron chi connectivity index (χ3n) is 5.44. The summed E-state index contributed by atoms with van der Waals surface area (Å²) in [7, 11) is 2.05. The van der Waals surface area contributed by atoms with Crippen molar-refractivity contribution < 1.29 is 0 Å². The second kappa shape index (κ2) is 4.11. The first-order valence-electron chi connectivity index (χ1n) is 7.51. The fraction of sp³-hybridized carbons (Fsp3) is 0.316. The highest BCUT2D eigenvalue weighted by molar-refractivity contribution is 5.71. The van der Waals surface area contributed by atoms with E-state index in [9.17, 15) is 5.26 Å². The van der Waals surface area contributed by atoms with E-state index in [2.05, 4.69) is 73.5 Å². The summed E-state index contributed by atoms with van der Waals surface area (Å²) in [4.78, 5) is 2.16. The number of hydrogen-bond donors (Lipinski definition) is 0. The fourth-order valence-corrected chi connectivity index (χ4v) is 4.60. The van der Waals surface area contributed by atoms with Crippen molar-refractivity contribution in [3.8, 4) is 6.07 Å². The Hall–Kier alpha value is -2.27. The molecule has 0 bridgehead atoms. The second-order valence-corrected chi connectivity index (χ2v) is 6.29. The van der Waals surface area contributed by atoms with Gasteiger partial charge in [-0.05, 0) is 35.1 Å². The first-order valence-corrected chi connectivity index (χ1v) is 7.51. The van der Waals surface area contributed by atoms with E-state index < -0.39 is 0 Å². The number of hydrogen-bond acceptors (Lipinski definition) is 2. The van der Waals surface area contributed by atoms with E-state index in [0.29, 0.717) is 5.92 Å². The van der Waals surface area contributed by atoms with Crippen LogP contribution in [0.25, 0.3) is 0 Å².